The number of hydrogen-bond acceptors (Lipinski definition) is 5. The van der Waals surface area contributed by atoms with Gasteiger partial charge in [0.2, 0.25) is 0 Å². The third-order valence-corrected chi connectivity index (χ3v) is 6.43. The molecule has 34 heavy (non-hydrogen) atoms. The summed E-state index contributed by atoms with van der Waals surface area (Å²) < 4.78 is 11.0. The number of rotatable bonds is 4. The maximum Gasteiger partial charge on any atom is 0.259 e. The zero-order chi connectivity index (χ0) is 23.7. The van der Waals surface area contributed by atoms with Crippen molar-refractivity contribution >= 4 is 23.1 Å². The summed E-state index contributed by atoms with van der Waals surface area (Å²) in [5, 5.41) is 3.49. The van der Waals surface area contributed by atoms with Crippen LogP contribution < -0.4 is 19.7 Å². The molecule has 3 aromatic rings. The molecular formula is C28H26N2O4. The largest absolute Gasteiger partial charge is 0.497 e. The lowest BCUT2D eigenvalue weighted by Gasteiger charge is -2.34. The molecule has 1 N–H and O–H groups in total. The number of hydrogen-bond donors (Lipinski definition) is 1. The monoisotopic (exact) mass is 454 g/mol. The topological polar surface area (TPSA) is 67.9 Å². The minimum absolute atomic E-state index is 0.0463. The zero-order valence-electron chi connectivity index (χ0n) is 19.2. The van der Waals surface area contributed by atoms with E-state index in [0.717, 1.165) is 29.8 Å². The van der Waals surface area contributed by atoms with Gasteiger partial charge in [-0.25, -0.2) is 0 Å². The Morgan fingerprint density at radius 1 is 0.912 bits per heavy atom. The molecule has 0 bridgehead atoms. The van der Waals surface area contributed by atoms with E-state index in [9.17, 15) is 9.59 Å². The Bertz CT molecular complexity index is 1280. The number of Topliss-reactive ketones (excluding diaryl/α,β-unsaturated/α-hetero) is 1. The highest BCUT2D eigenvalue weighted by Gasteiger charge is 2.40. The molecule has 0 aromatic heterocycles. The Labute approximate surface area is 198 Å². The van der Waals surface area contributed by atoms with Crippen LogP contribution in [0.25, 0.3) is 0 Å². The van der Waals surface area contributed by atoms with Gasteiger partial charge in [-0.15, -0.1) is 0 Å². The van der Waals surface area contributed by atoms with Crippen molar-refractivity contribution in [3.63, 3.8) is 0 Å². The lowest BCUT2D eigenvalue weighted by molar-refractivity contribution is -0.116. The molecule has 5 rings (SSSR count). The first-order valence-electron chi connectivity index (χ1n) is 11.3. The van der Waals surface area contributed by atoms with Crippen LogP contribution in [0.15, 0.2) is 84.1 Å². The molecule has 3 aromatic carbocycles. The first-order chi connectivity index (χ1) is 16.6. The Morgan fingerprint density at radius 2 is 1.65 bits per heavy atom. The summed E-state index contributed by atoms with van der Waals surface area (Å²) in [6.07, 6.45) is 1.97. The highest BCUT2D eigenvalue weighted by Crippen LogP contribution is 2.47. The third-order valence-electron chi connectivity index (χ3n) is 6.43. The molecule has 172 valence electrons. The predicted molar refractivity (Wildman–Crippen MR) is 131 cm³/mol. The molecule has 0 radical (unpaired) electrons. The van der Waals surface area contributed by atoms with Gasteiger partial charge in [-0.1, -0.05) is 30.3 Å². The number of anilines is 2. The molecule has 1 amide bonds. The number of fused-ring (bicyclic) bond motifs is 1. The average Bonchev–Trinajstić information content (AvgIpc) is 3.03. The van der Waals surface area contributed by atoms with Crippen LogP contribution in [-0.2, 0) is 4.79 Å². The Kier molecular flexibility index (Phi) is 5.80. The van der Waals surface area contributed by atoms with Crippen LogP contribution in [0.4, 0.5) is 11.4 Å². The molecule has 1 unspecified atom stereocenters. The molecule has 0 saturated carbocycles. The first-order valence-corrected chi connectivity index (χ1v) is 11.3. The number of nitrogens with one attached hydrogen (secondary N) is 1. The fourth-order valence-corrected chi connectivity index (χ4v) is 4.82. The minimum atomic E-state index is -0.635. The molecule has 1 aliphatic carbocycles. The van der Waals surface area contributed by atoms with E-state index in [4.69, 9.17) is 9.47 Å². The number of para-hydroxylation sites is 3. The van der Waals surface area contributed by atoms with E-state index in [2.05, 4.69) is 5.32 Å². The van der Waals surface area contributed by atoms with Crippen LogP contribution in [0.2, 0.25) is 0 Å². The summed E-state index contributed by atoms with van der Waals surface area (Å²) in [5.74, 6) is 1.14. The first kappa shape index (κ1) is 21.8. The molecule has 1 atom stereocenters. The zero-order valence-corrected chi connectivity index (χ0v) is 19.2. The van der Waals surface area contributed by atoms with Crippen molar-refractivity contribution in [2.75, 3.05) is 24.4 Å². The lowest BCUT2D eigenvalue weighted by atomic mass is 9.85. The summed E-state index contributed by atoms with van der Waals surface area (Å²) >= 11 is 0. The van der Waals surface area contributed by atoms with Gasteiger partial charge in [0.1, 0.15) is 11.5 Å². The normalized spacial score (nSPS) is 17.3. The summed E-state index contributed by atoms with van der Waals surface area (Å²) in [6.45, 7) is 0. The highest BCUT2D eigenvalue weighted by atomic mass is 16.5. The van der Waals surface area contributed by atoms with E-state index >= 15 is 0 Å². The van der Waals surface area contributed by atoms with Crippen molar-refractivity contribution in [1.29, 1.82) is 0 Å². The van der Waals surface area contributed by atoms with Gasteiger partial charge in [0.05, 0.1) is 31.6 Å². The quantitative estimate of drug-likeness (QED) is 0.562. The van der Waals surface area contributed by atoms with E-state index < -0.39 is 6.04 Å². The second kappa shape index (κ2) is 9.06. The molecule has 0 spiro atoms. The smallest absolute Gasteiger partial charge is 0.259 e. The predicted octanol–water partition coefficient (Wildman–Crippen LogP) is 5.52. The van der Waals surface area contributed by atoms with E-state index in [1.165, 1.54) is 0 Å². The van der Waals surface area contributed by atoms with E-state index in [0.29, 0.717) is 34.7 Å². The summed E-state index contributed by atoms with van der Waals surface area (Å²) in [7, 11) is 3.20. The minimum Gasteiger partial charge on any atom is -0.497 e. The number of amides is 1. The number of benzene rings is 3. The number of ketones is 1. The average molecular weight is 455 g/mol. The SMILES string of the molecule is COc1ccc(C(=O)N2c3ccccc3NC3=C(C(=O)CCC3)C2c2ccccc2OC)cc1. The number of methoxy groups -OCH3 is 2. The molecule has 6 heteroatoms. The van der Waals surface area contributed by atoms with Crippen molar-refractivity contribution in [2.24, 2.45) is 0 Å². The van der Waals surface area contributed by atoms with E-state index in [1.807, 2.05) is 48.5 Å². The summed E-state index contributed by atoms with van der Waals surface area (Å²) in [4.78, 5) is 29.3. The van der Waals surface area contributed by atoms with Crippen molar-refractivity contribution in [2.45, 2.75) is 25.3 Å². The van der Waals surface area contributed by atoms with Crippen LogP contribution in [0, 0.1) is 0 Å². The lowest BCUT2D eigenvalue weighted by Crippen LogP contribution is -2.38. The van der Waals surface area contributed by atoms with Crippen LogP contribution >= 0.6 is 0 Å². The second-order valence-electron chi connectivity index (χ2n) is 8.36. The fourth-order valence-electron chi connectivity index (χ4n) is 4.82. The van der Waals surface area contributed by atoms with Gasteiger partial charge in [0.15, 0.2) is 5.78 Å². The number of allylic oxidation sites excluding steroid dienone is 1. The van der Waals surface area contributed by atoms with Gasteiger partial charge in [-0.3, -0.25) is 14.5 Å². The number of nitrogens with zero attached hydrogens (tertiary/aromatic N) is 1. The van der Waals surface area contributed by atoms with Crippen molar-refractivity contribution in [1.82, 2.24) is 0 Å². The Morgan fingerprint density at radius 3 is 2.41 bits per heavy atom. The van der Waals surface area contributed by atoms with Crippen molar-refractivity contribution < 1.29 is 19.1 Å². The van der Waals surface area contributed by atoms with Gasteiger partial charge in [-0.05, 0) is 55.3 Å². The maximum absolute atomic E-state index is 14.2. The highest BCUT2D eigenvalue weighted by molar-refractivity contribution is 6.12. The van der Waals surface area contributed by atoms with Gasteiger partial charge in [0, 0.05) is 28.8 Å². The van der Waals surface area contributed by atoms with Gasteiger partial charge >= 0.3 is 0 Å². The number of carbonyl (C=O) groups is 2. The maximum atomic E-state index is 14.2. The standard InChI is InChI=1S/C28H26N2O4/c1-33-19-16-14-18(15-17-19)28(32)30-23-11-5-4-9-21(23)29-22-10-7-12-24(31)26(22)27(30)20-8-3-6-13-25(20)34-2/h3-6,8-9,11,13-17,27,29H,7,10,12H2,1-2H3. The number of ether oxygens (including phenoxy) is 2. The van der Waals surface area contributed by atoms with Crippen LogP contribution in [-0.4, -0.2) is 25.9 Å². The summed E-state index contributed by atoms with van der Waals surface area (Å²) in [6, 6.07) is 21.7. The Hall–Kier alpha value is -4.06. The molecule has 1 heterocycles. The Balaban J connectivity index is 1.77. The van der Waals surface area contributed by atoms with E-state index in [1.54, 1.807) is 43.4 Å². The van der Waals surface area contributed by atoms with Gasteiger partial charge in [0.25, 0.3) is 5.91 Å². The molecular weight excluding hydrogens is 428 g/mol. The third kappa shape index (κ3) is 3.71. The van der Waals surface area contributed by atoms with Crippen LogP contribution in [0.3, 0.4) is 0 Å². The molecule has 0 fully saturated rings. The summed E-state index contributed by atoms with van der Waals surface area (Å²) in [5.41, 5.74) is 4.26. The van der Waals surface area contributed by atoms with Crippen LogP contribution in [0.1, 0.15) is 41.2 Å². The van der Waals surface area contributed by atoms with Gasteiger partial charge in [-0.2, -0.15) is 0 Å². The molecule has 6 nitrogen and oxygen atoms in total. The number of carbonyl (C=O) groups excluding carboxylic acids is 2. The van der Waals surface area contributed by atoms with Crippen molar-refractivity contribution in [3.8, 4) is 11.5 Å². The van der Waals surface area contributed by atoms with Crippen LogP contribution in [0.5, 0.6) is 11.5 Å². The van der Waals surface area contributed by atoms with E-state index in [-0.39, 0.29) is 11.7 Å². The fraction of sp³-hybridized carbons (Fsp3) is 0.214. The molecule has 0 saturated heterocycles. The van der Waals surface area contributed by atoms with Gasteiger partial charge < -0.3 is 14.8 Å². The molecule has 1 aliphatic heterocycles. The molecule has 2 aliphatic rings. The second-order valence-corrected chi connectivity index (χ2v) is 8.36. The van der Waals surface area contributed by atoms with Crippen molar-refractivity contribution in [3.05, 3.63) is 95.2 Å².